The van der Waals surface area contributed by atoms with Crippen molar-refractivity contribution in [3.05, 3.63) is 107 Å². The fourth-order valence-electron chi connectivity index (χ4n) is 5.99. The zero-order valence-electron chi connectivity index (χ0n) is 24.0. The van der Waals surface area contributed by atoms with Gasteiger partial charge in [-0.25, -0.2) is 8.78 Å². The summed E-state index contributed by atoms with van der Waals surface area (Å²) in [5.41, 5.74) is 2.93. The molecule has 0 aromatic heterocycles. The number of hydrogen-bond acceptors (Lipinski definition) is 7. The van der Waals surface area contributed by atoms with Gasteiger partial charge in [0.1, 0.15) is 36.1 Å². The van der Waals surface area contributed by atoms with Crippen molar-refractivity contribution < 1.29 is 43.8 Å². The molecule has 10 heteroatoms. The Hall–Kier alpha value is -3.51. The Morgan fingerprint density at radius 3 is 2.07 bits per heavy atom. The van der Waals surface area contributed by atoms with E-state index in [1.165, 1.54) is 36.4 Å². The Morgan fingerprint density at radius 2 is 1.43 bits per heavy atom. The summed E-state index contributed by atoms with van der Waals surface area (Å²) < 4.78 is 32.5. The number of allylic oxidation sites excluding steroid dienone is 1. The number of hydrogen-bond donors (Lipinski definition) is 5. The van der Waals surface area contributed by atoms with Crippen LogP contribution in [-0.4, -0.2) is 68.6 Å². The van der Waals surface area contributed by atoms with Crippen LogP contribution in [0, 0.1) is 17.6 Å². The smallest absolute Gasteiger partial charge is 0.233 e. The van der Waals surface area contributed by atoms with Crippen LogP contribution < -0.4 is 4.90 Å². The van der Waals surface area contributed by atoms with Gasteiger partial charge in [0, 0.05) is 5.69 Å². The molecular weight excluding hydrogens is 572 g/mol. The number of β-lactam (4-membered cyclic amide) rings is 1. The van der Waals surface area contributed by atoms with Crippen LogP contribution in [-0.2, 0) is 9.53 Å². The standard InChI is InChI=1S/C34H37F2NO7/c35-23-11-9-21(10-12-23)27(39)18-17-26-30(37(34(26)43)25-15-13-24(36)14-16-25)22-7-5-20(6-8-22)3-1-2-4-28-31(40)33(42)32(41)29(19-38)44-28/h1,3,5-16,26-33,38-42H,2,4,17-19H2/b3-1+/t26-,27+,28+,29-,30-,31+,32-,33-/m1/s1. The summed E-state index contributed by atoms with van der Waals surface area (Å²) in [7, 11) is 0. The number of carbonyl (C=O) groups excluding carboxylic acids is 1. The third-order valence-electron chi connectivity index (χ3n) is 8.52. The van der Waals surface area contributed by atoms with Crippen molar-refractivity contribution in [3.63, 3.8) is 0 Å². The number of aliphatic hydroxyl groups excluding tert-OH is 5. The molecule has 2 aliphatic rings. The zero-order valence-corrected chi connectivity index (χ0v) is 24.0. The first-order valence-electron chi connectivity index (χ1n) is 14.8. The highest BCUT2D eigenvalue weighted by Gasteiger charge is 2.48. The van der Waals surface area contributed by atoms with Gasteiger partial charge in [-0.3, -0.25) is 4.79 Å². The van der Waals surface area contributed by atoms with E-state index in [4.69, 9.17) is 4.74 Å². The molecule has 8 atom stereocenters. The average molecular weight is 610 g/mol. The first-order chi connectivity index (χ1) is 21.2. The number of anilines is 1. The predicted molar refractivity (Wildman–Crippen MR) is 159 cm³/mol. The minimum atomic E-state index is -1.40. The normalized spacial score (nSPS) is 27.8. The molecule has 0 bridgehead atoms. The van der Waals surface area contributed by atoms with E-state index in [0.29, 0.717) is 36.9 Å². The second-order valence-corrected chi connectivity index (χ2v) is 11.4. The minimum absolute atomic E-state index is 0.120. The molecule has 44 heavy (non-hydrogen) atoms. The highest BCUT2D eigenvalue weighted by Crippen LogP contribution is 2.46. The van der Waals surface area contributed by atoms with Crippen LogP contribution in [0.5, 0.6) is 0 Å². The lowest BCUT2D eigenvalue weighted by Gasteiger charge is -2.48. The van der Waals surface area contributed by atoms with Gasteiger partial charge in [-0.2, -0.15) is 0 Å². The molecule has 2 saturated heterocycles. The van der Waals surface area contributed by atoms with Gasteiger partial charge in [0.15, 0.2) is 0 Å². The number of ether oxygens (including phenoxy) is 1. The maximum Gasteiger partial charge on any atom is 0.233 e. The molecule has 5 N–H and O–H groups in total. The van der Waals surface area contributed by atoms with Crippen LogP contribution >= 0.6 is 0 Å². The quantitative estimate of drug-likeness (QED) is 0.209. The molecule has 234 valence electrons. The first kappa shape index (κ1) is 31.9. The Kier molecular flexibility index (Phi) is 10.2. The van der Waals surface area contributed by atoms with E-state index in [1.807, 2.05) is 36.4 Å². The molecule has 0 spiro atoms. The van der Waals surface area contributed by atoms with Crippen molar-refractivity contribution in [2.24, 2.45) is 5.92 Å². The topological polar surface area (TPSA) is 131 Å². The maximum atomic E-state index is 13.6. The molecule has 1 amide bonds. The zero-order chi connectivity index (χ0) is 31.4. The van der Waals surface area contributed by atoms with Crippen molar-refractivity contribution in [1.29, 1.82) is 0 Å². The molecule has 2 heterocycles. The Bertz CT molecular complexity index is 1420. The summed E-state index contributed by atoms with van der Waals surface area (Å²) >= 11 is 0. The van der Waals surface area contributed by atoms with Gasteiger partial charge < -0.3 is 35.2 Å². The summed E-state index contributed by atoms with van der Waals surface area (Å²) in [5, 5.41) is 50.2. The van der Waals surface area contributed by atoms with E-state index in [9.17, 15) is 39.1 Å². The monoisotopic (exact) mass is 609 g/mol. The fourth-order valence-corrected chi connectivity index (χ4v) is 5.99. The van der Waals surface area contributed by atoms with Crippen LogP contribution in [0.4, 0.5) is 14.5 Å². The van der Waals surface area contributed by atoms with Crippen molar-refractivity contribution in [1.82, 2.24) is 0 Å². The number of aliphatic hydroxyl groups is 5. The van der Waals surface area contributed by atoms with Gasteiger partial charge in [0.25, 0.3) is 0 Å². The average Bonchev–Trinajstić information content (AvgIpc) is 3.03. The molecule has 0 aliphatic carbocycles. The number of halogens is 2. The Balaban J connectivity index is 1.25. The van der Waals surface area contributed by atoms with E-state index in [0.717, 1.165) is 11.1 Å². The first-order valence-corrected chi connectivity index (χ1v) is 14.8. The van der Waals surface area contributed by atoms with E-state index in [1.54, 1.807) is 17.0 Å². The van der Waals surface area contributed by atoms with E-state index in [-0.39, 0.29) is 11.9 Å². The molecule has 0 radical (unpaired) electrons. The van der Waals surface area contributed by atoms with Crippen LogP contribution in [0.15, 0.2) is 78.9 Å². The van der Waals surface area contributed by atoms with Crippen molar-refractivity contribution in [2.75, 3.05) is 11.5 Å². The number of rotatable bonds is 11. The van der Waals surface area contributed by atoms with Crippen molar-refractivity contribution in [2.45, 2.75) is 68.3 Å². The third-order valence-corrected chi connectivity index (χ3v) is 8.52. The molecule has 3 aromatic rings. The predicted octanol–water partition coefficient (Wildman–Crippen LogP) is 3.82. The van der Waals surface area contributed by atoms with Gasteiger partial charge in [0.05, 0.1) is 30.8 Å². The minimum Gasteiger partial charge on any atom is -0.394 e. The van der Waals surface area contributed by atoms with E-state index in [2.05, 4.69) is 0 Å². The lowest BCUT2D eigenvalue weighted by Crippen LogP contribution is -2.58. The lowest BCUT2D eigenvalue weighted by atomic mass is 9.78. The second-order valence-electron chi connectivity index (χ2n) is 11.4. The highest BCUT2D eigenvalue weighted by atomic mass is 19.1. The third kappa shape index (κ3) is 6.91. The lowest BCUT2D eigenvalue weighted by molar-refractivity contribution is -0.230. The van der Waals surface area contributed by atoms with E-state index < -0.39 is 60.8 Å². The van der Waals surface area contributed by atoms with Gasteiger partial charge in [0.2, 0.25) is 5.91 Å². The molecular formula is C34H37F2NO7. The largest absolute Gasteiger partial charge is 0.394 e. The Morgan fingerprint density at radius 1 is 0.818 bits per heavy atom. The van der Waals surface area contributed by atoms with Crippen LogP contribution in [0.25, 0.3) is 6.08 Å². The molecule has 5 rings (SSSR count). The van der Waals surface area contributed by atoms with Gasteiger partial charge in [-0.05, 0) is 78.8 Å². The SMILES string of the molecule is O=C1[C@H](CC[C@H](O)c2ccc(F)cc2)[C@@H](c2ccc(/C=C/CC[C@@H]3O[C@H](CO)[C@@H](O)[C@H](O)[C@H]3O)cc2)N1c1ccc(F)cc1. The Labute approximate surface area is 254 Å². The van der Waals surface area contributed by atoms with Crippen LogP contribution in [0.3, 0.4) is 0 Å². The van der Waals surface area contributed by atoms with Gasteiger partial charge >= 0.3 is 0 Å². The van der Waals surface area contributed by atoms with Crippen LogP contribution in [0.2, 0.25) is 0 Å². The summed E-state index contributed by atoms with van der Waals surface area (Å²) in [6.45, 7) is -0.468. The fraction of sp³-hybridized carbons (Fsp3) is 0.382. The molecule has 0 unspecified atom stereocenters. The molecule has 2 fully saturated rings. The summed E-state index contributed by atoms with van der Waals surface area (Å²) in [6, 6.07) is 18.7. The summed E-state index contributed by atoms with van der Waals surface area (Å²) in [6.07, 6.45) is -1.17. The number of carbonyl (C=O) groups is 1. The number of amides is 1. The van der Waals surface area contributed by atoms with Gasteiger partial charge in [-0.15, -0.1) is 0 Å². The van der Waals surface area contributed by atoms with E-state index >= 15 is 0 Å². The number of nitrogens with zero attached hydrogens (tertiary/aromatic N) is 1. The second kappa shape index (κ2) is 14.1. The molecule has 3 aromatic carbocycles. The summed E-state index contributed by atoms with van der Waals surface area (Å²) in [4.78, 5) is 15.0. The molecule has 8 nitrogen and oxygen atoms in total. The van der Waals surface area contributed by atoms with Crippen molar-refractivity contribution >= 4 is 17.7 Å². The maximum absolute atomic E-state index is 13.6. The molecule has 2 aliphatic heterocycles. The van der Waals surface area contributed by atoms with Crippen LogP contribution in [0.1, 0.15) is 54.5 Å². The highest BCUT2D eigenvalue weighted by molar-refractivity contribution is 6.03. The van der Waals surface area contributed by atoms with Crippen molar-refractivity contribution in [3.8, 4) is 0 Å². The molecule has 0 saturated carbocycles. The van der Waals surface area contributed by atoms with Gasteiger partial charge in [-0.1, -0.05) is 48.6 Å². The summed E-state index contributed by atoms with van der Waals surface area (Å²) in [5.74, 6) is -1.32. The number of benzene rings is 3.